The first-order valence-corrected chi connectivity index (χ1v) is 8.43. The van der Waals surface area contributed by atoms with Crippen molar-refractivity contribution in [3.8, 4) is 0 Å². The minimum atomic E-state index is -0.799. The van der Waals surface area contributed by atoms with E-state index in [1.807, 2.05) is 51.4 Å². The molecular weight excluding hydrogens is 284 g/mol. The third-order valence-electron chi connectivity index (χ3n) is 4.46. The average Bonchev–Trinajstić information content (AvgIpc) is 2.95. The van der Waals surface area contributed by atoms with Crippen molar-refractivity contribution in [1.29, 1.82) is 0 Å². The fourth-order valence-electron chi connectivity index (χ4n) is 2.89. The van der Waals surface area contributed by atoms with Crippen molar-refractivity contribution < 1.29 is 9.59 Å². The second-order valence-electron chi connectivity index (χ2n) is 6.31. The van der Waals surface area contributed by atoms with Gasteiger partial charge in [-0.05, 0) is 48.6 Å². The first kappa shape index (κ1) is 16.0. The van der Waals surface area contributed by atoms with Crippen molar-refractivity contribution in [2.45, 2.75) is 58.7 Å². The number of rotatable bonds is 4. The molecule has 1 aromatic heterocycles. The molecule has 1 saturated heterocycles. The Kier molecular flexibility index (Phi) is 4.42. The molecule has 1 fully saturated rings. The highest BCUT2D eigenvalue weighted by atomic mass is 32.1. The summed E-state index contributed by atoms with van der Waals surface area (Å²) in [5.41, 5.74) is 0.291. The summed E-state index contributed by atoms with van der Waals surface area (Å²) in [5.74, 6) is 0.0504. The smallest absolute Gasteiger partial charge is 0.249 e. The highest BCUT2D eigenvalue weighted by molar-refractivity contribution is 7.07. The van der Waals surface area contributed by atoms with Crippen molar-refractivity contribution >= 4 is 23.2 Å². The van der Waals surface area contributed by atoms with E-state index in [-0.39, 0.29) is 23.8 Å². The van der Waals surface area contributed by atoms with E-state index in [9.17, 15) is 9.59 Å². The van der Waals surface area contributed by atoms with Crippen LogP contribution in [0.1, 0.15) is 52.6 Å². The Morgan fingerprint density at radius 1 is 1.38 bits per heavy atom. The van der Waals surface area contributed by atoms with E-state index in [1.165, 1.54) is 0 Å². The lowest BCUT2D eigenvalue weighted by atomic mass is 9.86. The fraction of sp³-hybridized carbons (Fsp3) is 0.625. The summed E-state index contributed by atoms with van der Waals surface area (Å²) in [6.07, 6.45) is 0.593. The van der Waals surface area contributed by atoms with Gasteiger partial charge in [-0.25, -0.2) is 0 Å². The Balaban J connectivity index is 2.44. The maximum Gasteiger partial charge on any atom is 0.249 e. The van der Waals surface area contributed by atoms with E-state index >= 15 is 0 Å². The molecular formula is C16H24N2O2S. The summed E-state index contributed by atoms with van der Waals surface area (Å²) >= 11 is 1.61. The predicted molar refractivity (Wildman–Crippen MR) is 85.0 cm³/mol. The van der Waals surface area contributed by atoms with Crippen LogP contribution in [0.5, 0.6) is 0 Å². The van der Waals surface area contributed by atoms with Crippen molar-refractivity contribution in [1.82, 2.24) is 10.2 Å². The van der Waals surface area contributed by atoms with Crippen LogP contribution in [0.2, 0.25) is 0 Å². The van der Waals surface area contributed by atoms with Gasteiger partial charge in [0.15, 0.2) is 0 Å². The molecule has 3 atom stereocenters. The van der Waals surface area contributed by atoms with Gasteiger partial charge in [0, 0.05) is 0 Å². The zero-order valence-electron chi connectivity index (χ0n) is 13.3. The molecule has 2 rings (SSSR count). The molecule has 1 aliphatic heterocycles. The van der Waals surface area contributed by atoms with Crippen molar-refractivity contribution in [2.75, 3.05) is 0 Å². The van der Waals surface area contributed by atoms with Gasteiger partial charge in [-0.15, -0.1) is 0 Å². The van der Waals surface area contributed by atoms with E-state index in [0.29, 0.717) is 6.42 Å². The number of carbonyl (C=O) groups excluding carboxylic acids is 2. The predicted octanol–water partition coefficient (Wildman–Crippen LogP) is 2.96. The van der Waals surface area contributed by atoms with Crippen LogP contribution in [0.4, 0.5) is 0 Å². The van der Waals surface area contributed by atoms with Crippen LogP contribution in [0.25, 0.3) is 0 Å². The van der Waals surface area contributed by atoms with Crippen LogP contribution in [-0.4, -0.2) is 28.3 Å². The van der Waals surface area contributed by atoms with Crippen LogP contribution in [-0.2, 0) is 9.59 Å². The molecule has 0 radical (unpaired) electrons. The topological polar surface area (TPSA) is 49.4 Å². The molecule has 3 unspecified atom stereocenters. The van der Waals surface area contributed by atoms with Crippen molar-refractivity contribution in [3.63, 3.8) is 0 Å². The second-order valence-corrected chi connectivity index (χ2v) is 7.09. The van der Waals surface area contributed by atoms with Crippen molar-refractivity contribution in [3.05, 3.63) is 22.4 Å². The normalized spacial score (nSPS) is 27.9. The Labute approximate surface area is 130 Å². The number of hydrogen-bond donors (Lipinski definition) is 1. The van der Waals surface area contributed by atoms with E-state index in [0.717, 1.165) is 5.56 Å². The zero-order valence-corrected chi connectivity index (χ0v) is 14.2. The Hall–Kier alpha value is -1.36. The Morgan fingerprint density at radius 3 is 2.52 bits per heavy atom. The average molecular weight is 308 g/mol. The Morgan fingerprint density at radius 2 is 2.05 bits per heavy atom. The minimum absolute atomic E-state index is 0.0157. The summed E-state index contributed by atoms with van der Waals surface area (Å²) in [6, 6.07) is 1.52. The molecule has 1 aliphatic rings. The first-order valence-electron chi connectivity index (χ1n) is 7.48. The van der Waals surface area contributed by atoms with Crippen molar-refractivity contribution in [2.24, 2.45) is 5.92 Å². The molecule has 2 amide bonds. The van der Waals surface area contributed by atoms with Gasteiger partial charge in [0.2, 0.25) is 11.8 Å². The number of nitrogens with zero attached hydrogens (tertiary/aromatic N) is 1. The zero-order chi connectivity index (χ0) is 15.8. The number of piperazine rings is 1. The molecule has 21 heavy (non-hydrogen) atoms. The molecule has 1 aromatic rings. The molecule has 2 heterocycles. The monoisotopic (exact) mass is 308 g/mol. The number of thiophene rings is 1. The summed E-state index contributed by atoms with van der Waals surface area (Å²) in [6.45, 7) is 9.72. The maximum atomic E-state index is 13.0. The summed E-state index contributed by atoms with van der Waals surface area (Å²) in [5, 5.41) is 6.98. The molecule has 0 aromatic carbocycles. The van der Waals surface area contributed by atoms with Gasteiger partial charge >= 0.3 is 0 Å². The molecule has 0 aliphatic carbocycles. The lowest BCUT2D eigenvalue weighted by Gasteiger charge is -2.48. The first-order chi connectivity index (χ1) is 9.81. The highest BCUT2D eigenvalue weighted by Crippen LogP contribution is 2.33. The van der Waals surface area contributed by atoms with E-state index < -0.39 is 11.6 Å². The van der Waals surface area contributed by atoms with E-state index in [4.69, 9.17) is 0 Å². The largest absolute Gasteiger partial charge is 0.340 e. The van der Waals surface area contributed by atoms with E-state index in [2.05, 4.69) is 5.32 Å². The van der Waals surface area contributed by atoms with Gasteiger partial charge < -0.3 is 10.2 Å². The summed E-state index contributed by atoms with van der Waals surface area (Å²) < 4.78 is 0. The van der Waals surface area contributed by atoms with Crippen LogP contribution in [0.3, 0.4) is 0 Å². The Bertz CT molecular complexity index is 526. The van der Waals surface area contributed by atoms with Crippen LogP contribution >= 0.6 is 11.3 Å². The summed E-state index contributed by atoms with van der Waals surface area (Å²) in [4.78, 5) is 27.3. The number of amides is 2. The standard InChI is InChI=1S/C16H24N2O2S/c1-6-16(5)15(20)18(11(4)12-7-8-21-9-12)13(10(2)3)14(19)17-16/h7-11,13H,6H2,1-5H3,(H,17,19). The molecule has 116 valence electrons. The minimum Gasteiger partial charge on any atom is -0.340 e. The number of hydrogen-bond acceptors (Lipinski definition) is 3. The molecule has 0 bridgehead atoms. The lowest BCUT2D eigenvalue weighted by molar-refractivity contribution is -0.159. The van der Waals surface area contributed by atoms with Crippen LogP contribution < -0.4 is 5.32 Å². The third-order valence-corrected chi connectivity index (χ3v) is 5.16. The lowest BCUT2D eigenvalue weighted by Crippen LogP contribution is -2.70. The quantitative estimate of drug-likeness (QED) is 0.929. The maximum absolute atomic E-state index is 13.0. The van der Waals surface area contributed by atoms with Gasteiger partial charge in [0.1, 0.15) is 11.6 Å². The van der Waals surface area contributed by atoms with Gasteiger partial charge in [-0.1, -0.05) is 20.8 Å². The molecule has 0 saturated carbocycles. The molecule has 1 N–H and O–H groups in total. The van der Waals surface area contributed by atoms with Crippen LogP contribution in [0.15, 0.2) is 16.8 Å². The highest BCUT2D eigenvalue weighted by Gasteiger charge is 2.49. The molecule has 4 nitrogen and oxygen atoms in total. The van der Waals surface area contributed by atoms with Gasteiger partial charge in [-0.2, -0.15) is 11.3 Å². The fourth-order valence-corrected chi connectivity index (χ4v) is 3.64. The van der Waals surface area contributed by atoms with Gasteiger partial charge in [0.05, 0.1) is 6.04 Å². The van der Waals surface area contributed by atoms with E-state index in [1.54, 1.807) is 16.2 Å². The molecule has 5 heteroatoms. The summed E-state index contributed by atoms with van der Waals surface area (Å²) in [7, 11) is 0. The number of nitrogens with one attached hydrogen (secondary N) is 1. The second kappa shape index (κ2) is 5.79. The molecule has 0 spiro atoms. The third kappa shape index (κ3) is 2.71. The number of carbonyl (C=O) groups is 2. The van der Waals surface area contributed by atoms with Gasteiger partial charge in [0.25, 0.3) is 0 Å². The SMILES string of the molecule is CCC1(C)NC(=O)C(C(C)C)N(C(C)c2ccsc2)C1=O. The van der Waals surface area contributed by atoms with Gasteiger partial charge in [-0.3, -0.25) is 9.59 Å². The van der Waals surface area contributed by atoms with Crippen LogP contribution in [0, 0.1) is 5.92 Å².